The number of halogens is 4. The van der Waals surface area contributed by atoms with Crippen LogP contribution in [0.3, 0.4) is 0 Å². The lowest BCUT2D eigenvalue weighted by Gasteiger charge is -2.21. The molecular formula is C29H28F4N4O. The average molecular weight is 525 g/mol. The number of amides is 1. The summed E-state index contributed by atoms with van der Waals surface area (Å²) in [7, 11) is 1.41. The summed E-state index contributed by atoms with van der Waals surface area (Å²) in [5.41, 5.74) is 8.02. The van der Waals surface area contributed by atoms with E-state index in [9.17, 15) is 22.4 Å². The molecule has 0 aliphatic heterocycles. The van der Waals surface area contributed by atoms with Gasteiger partial charge >= 0.3 is 0 Å². The third-order valence-electron chi connectivity index (χ3n) is 5.89. The second kappa shape index (κ2) is 12.3. The van der Waals surface area contributed by atoms with Crippen molar-refractivity contribution in [2.45, 2.75) is 33.6 Å². The number of hydrogen-bond donors (Lipinski definition) is 1. The van der Waals surface area contributed by atoms with Crippen LogP contribution in [0.2, 0.25) is 0 Å². The molecule has 0 bridgehead atoms. The van der Waals surface area contributed by atoms with Gasteiger partial charge in [-0.3, -0.25) is 9.69 Å². The molecule has 0 spiro atoms. The van der Waals surface area contributed by atoms with Gasteiger partial charge in [-0.25, -0.2) is 27.5 Å². The molecule has 1 heterocycles. The zero-order chi connectivity index (χ0) is 28.0. The maximum atomic E-state index is 14.4. The van der Waals surface area contributed by atoms with Crippen molar-refractivity contribution in [1.29, 1.82) is 0 Å². The summed E-state index contributed by atoms with van der Waals surface area (Å²) in [6.45, 7) is 5.09. The first kappa shape index (κ1) is 28.3. The average Bonchev–Trinajstić information content (AvgIpc) is 2.94. The maximum Gasteiger partial charge on any atom is 0.232 e. The Morgan fingerprint density at radius 1 is 0.895 bits per heavy atom. The van der Waals surface area contributed by atoms with Crippen molar-refractivity contribution < 1.29 is 22.4 Å². The molecule has 3 aromatic carbocycles. The second-order valence-corrected chi connectivity index (χ2v) is 8.30. The third kappa shape index (κ3) is 5.99. The van der Waals surface area contributed by atoms with E-state index in [1.807, 2.05) is 44.2 Å². The van der Waals surface area contributed by atoms with Crippen LogP contribution in [0, 0.1) is 30.2 Å². The molecule has 0 saturated heterocycles. The van der Waals surface area contributed by atoms with Crippen molar-refractivity contribution in [3.63, 3.8) is 0 Å². The fraction of sp³-hybridized carbons (Fsp3) is 0.207. The fourth-order valence-corrected chi connectivity index (χ4v) is 3.79. The van der Waals surface area contributed by atoms with Crippen LogP contribution in [0.25, 0.3) is 11.3 Å². The van der Waals surface area contributed by atoms with E-state index in [1.54, 1.807) is 24.3 Å². The van der Waals surface area contributed by atoms with Crippen molar-refractivity contribution in [2.75, 3.05) is 17.7 Å². The second-order valence-electron chi connectivity index (χ2n) is 8.30. The number of benzene rings is 3. The molecular weight excluding hydrogens is 496 g/mol. The number of anilines is 2. The molecule has 0 aliphatic rings. The summed E-state index contributed by atoms with van der Waals surface area (Å²) in [6.07, 6.45) is 1.12. The number of carbonyl (C=O) groups is 1. The highest BCUT2D eigenvalue weighted by Crippen LogP contribution is 2.27. The van der Waals surface area contributed by atoms with Crippen molar-refractivity contribution >= 4 is 17.4 Å². The Balaban J connectivity index is 0.00000195. The first-order valence-corrected chi connectivity index (χ1v) is 12.0. The number of nitrogens with zero attached hydrogens (tertiary/aromatic N) is 3. The van der Waals surface area contributed by atoms with E-state index >= 15 is 0 Å². The number of hydrogen-bond acceptors (Lipinski definition) is 4. The third-order valence-corrected chi connectivity index (χ3v) is 5.89. The molecule has 0 aliphatic carbocycles. The van der Waals surface area contributed by atoms with Gasteiger partial charge in [0.05, 0.1) is 24.0 Å². The van der Waals surface area contributed by atoms with E-state index in [2.05, 4.69) is 4.98 Å². The molecule has 4 aromatic rings. The van der Waals surface area contributed by atoms with E-state index in [0.717, 1.165) is 23.0 Å². The quantitative estimate of drug-likeness (QED) is 0.137. The van der Waals surface area contributed by atoms with Crippen LogP contribution in [0.15, 0.2) is 60.8 Å². The minimum absolute atomic E-state index is 0.198. The summed E-state index contributed by atoms with van der Waals surface area (Å²) in [5.74, 6) is -7.50. The lowest BCUT2D eigenvalue weighted by atomic mass is 10.0. The monoisotopic (exact) mass is 524 g/mol. The normalized spacial score (nSPS) is 10.5. The maximum absolute atomic E-state index is 14.4. The van der Waals surface area contributed by atoms with Gasteiger partial charge in [0.1, 0.15) is 0 Å². The minimum Gasteiger partial charge on any atom is -0.399 e. The molecule has 198 valence electrons. The number of aromatic nitrogens is 2. The zero-order valence-electron chi connectivity index (χ0n) is 21.5. The SMILES string of the molecule is CC.Cc1c(F)c(F)c(F)c(F)c1CC(=O)N(C)c1ncc(-c2ccc(N)cc2)nc1Cc1ccccc1. The van der Waals surface area contributed by atoms with Crippen LogP contribution in [0.4, 0.5) is 29.1 Å². The summed E-state index contributed by atoms with van der Waals surface area (Å²) in [4.78, 5) is 23.4. The molecule has 1 amide bonds. The number of likely N-dealkylation sites (N-methyl/N-ethyl adjacent to an activating group) is 1. The van der Waals surface area contributed by atoms with Crippen molar-refractivity contribution in [3.05, 3.63) is 106 Å². The number of nitrogen functional groups attached to an aromatic ring is 1. The molecule has 0 atom stereocenters. The zero-order valence-corrected chi connectivity index (χ0v) is 21.5. The summed E-state index contributed by atoms with van der Waals surface area (Å²) in [5, 5.41) is 0. The van der Waals surface area contributed by atoms with Gasteiger partial charge in [0.25, 0.3) is 0 Å². The van der Waals surface area contributed by atoms with E-state index < -0.39 is 46.7 Å². The lowest BCUT2D eigenvalue weighted by Crippen LogP contribution is -2.31. The fourth-order valence-electron chi connectivity index (χ4n) is 3.79. The van der Waals surface area contributed by atoms with E-state index in [1.165, 1.54) is 13.2 Å². The van der Waals surface area contributed by atoms with Crippen LogP contribution in [-0.2, 0) is 17.6 Å². The van der Waals surface area contributed by atoms with Crippen LogP contribution in [0.5, 0.6) is 0 Å². The first-order valence-electron chi connectivity index (χ1n) is 12.0. The molecule has 0 unspecified atom stereocenters. The minimum atomic E-state index is -1.96. The molecule has 1 aromatic heterocycles. The van der Waals surface area contributed by atoms with Crippen LogP contribution in [-0.4, -0.2) is 22.9 Å². The molecule has 5 nitrogen and oxygen atoms in total. The van der Waals surface area contributed by atoms with Gasteiger partial charge in [-0.2, -0.15) is 0 Å². The number of nitrogens with two attached hydrogens (primary N) is 1. The Labute approximate surface area is 219 Å². The van der Waals surface area contributed by atoms with Crippen molar-refractivity contribution in [1.82, 2.24) is 9.97 Å². The molecule has 4 rings (SSSR count). The summed E-state index contributed by atoms with van der Waals surface area (Å²) >= 11 is 0. The predicted molar refractivity (Wildman–Crippen MR) is 141 cm³/mol. The first-order chi connectivity index (χ1) is 18.2. The van der Waals surface area contributed by atoms with Gasteiger partial charge in [0.2, 0.25) is 5.91 Å². The molecule has 0 radical (unpaired) electrons. The molecule has 9 heteroatoms. The Hall–Kier alpha value is -4.27. The van der Waals surface area contributed by atoms with Crippen LogP contribution >= 0.6 is 0 Å². The highest BCUT2D eigenvalue weighted by molar-refractivity contribution is 5.94. The smallest absolute Gasteiger partial charge is 0.232 e. The molecule has 0 fully saturated rings. The van der Waals surface area contributed by atoms with Gasteiger partial charge in [0, 0.05) is 30.3 Å². The van der Waals surface area contributed by atoms with Gasteiger partial charge < -0.3 is 5.73 Å². The highest BCUT2D eigenvalue weighted by Gasteiger charge is 2.26. The van der Waals surface area contributed by atoms with Gasteiger partial charge in [-0.05, 0) is 30.2 Å². The summed E-state index contributed by atoms with van der Waals surface area (Å²) < 4.78 is 55.7. The van der Waals surface area contributed by atoms with Crippen LogP contribution < -0.4 is 10.6 Å². The highest BCUT2D eigenvalue weighted by atomic mass is 19.2. The molecule has 0 saturated carbocycles. The van der Waals surface area contributed by atoms with Crippen molar-refractivity contribution in [3.8, 4) is 11.3 Å². The standard InChI is InChI=1S/C27H22F4N4O.C2H6/c1-15-19(24(29)26(31)25(30)23(15)28)13-22(36)35(2)27-20(12-16-6-4-3-5-7-16)34-21(14-33-27)17-8-10-18(32)11-9-17;1-2/h3-11,14H,12-13,32H2,1-2H3;1-2H3. The van der Waals surface area contributed by atoms with Gasteiger partial charge in [0.15, 0.2) is 29.1 Å². The van der Waals surface area contributed by atoms with E-state index in [4.69, 9.17) is 10.7 Å². The Kier molecular flexibility index (Phi) is 9.17. The van der Waals surface area contributed by atoms with Gasteiger partial charge in [-0.1, -0.05) is 56.3 Å². The largest absolute Gasteiger partial charge is 0.399 e. The van der Waals surface area contributed by atoms with Crippen molar-refractivity contribution in [2.24, 2.45) is 0 Å². The number of rotatable bonds is 6. The van der Waals surface area contributed by atoms with E-state index in [0.29, 0.717) is 23.5 Å². The Morgan fingerprint density at radius 2 is 1.50 bits per heavy atom. The Bertz CT molecular complexity index is 1400. The predicted octanol–water partition coefficient (Wildman–Crippen LogP) is 6.41. The molecule has 2 N–H and O–H groups in total. The topological polar surface area (TPSA) is 72.1 Å². The van der Waals surface area contributed by atoms with Crippen LogP contribution in [0.1, 0.15) is 36.2 Å². The van der Waals surface area contributed by atoms with Gasteiger partial charge in [-0.15, -0.1) is 0 Å². The van der Waals surface area contributed by atoms with E-state index in [-0.39, 0.29) is 5.82 Å². The number of carbonyl (C=O) groups excluding carboxylic acids is 1. The Morgan fingerprint density at radius 3 is 2.13 bits per heavy atom. The summed E-state index contributed by atoms with van der Waals surface area (Å²) in [6, 6.07) is 16.4. The molecule has 38 heavy (non-hydrogen) atoms. The lowest BCUT2D eigenvalue weighted by molar-refractivity contribution is -0.117.